The van der Waals surface area contributed by atoms with Gasteiger partial charge in [-0.15, -0.1) is 12.3 Å². The van der Waals surface area contributed by atoms with E-state index in [2.05, 4.69) is 5.92 Å². The quantitative estimate of drug-likeness (QED) is 0.409. The summed E-state index contributed by atoms with van der Waals surface area (Å²) in [6.07, 6.45) is 2.27. The van der Waals surface area contributed by atoms with Gasteiger partial charge in [-0.3, -0.25) is 0 Å². The highest BCUT2D eigenvalue weighted by atomic mass is 16.7. The molecule has 3 N–H and O–H groups in total. The lowest BCUT2D eigenvalue weighted by Gasteiger charge is -2.35. The van der Waals surface area contributed by atoms with Crippen molar-refractivity contribution in [3.63, 3.8) is 0 Å². The Balaban J connectivity index is 2.38. The highest BCUT2D eigenvalue weighted by Gasteiger charge is 2.36. The lowest BCUT2D eigenvalue weighted by molar-refractivity contribution is -0.256. The van der Waals surface area contributed by atoms with E-state index >= 15 is 0 Å². The summed E-state index contributed by atoms with van der Waals surface area (Å²) in [6, 6.07) is 0. The van der Waals surface area contributed by atoms with Crippen LogP contribution in [-0.2, 0) is 9.47 Å². The Morgan fingerprint density at radius 3 is 2.80 bits per heavy atom. The van der Waals surface area contributed by atoms with Crippen LogP contribution in [0.2, 0.25) is 0 Å². The Labute approximate surface area is 88.6 Å². The first-order valence-corrected chi connectivity index (χ1v) is 4.86. The number of terminal acetylenes is 1. The number of ether oxygens (including phenoxy) is 2. The number of hydrogen-bond donors (Lipinski definition) is 3. The van der Waals surface area contributed by atoms with E-state index in [9.17, 15) is 10.2 Å². The normalized spacial score (nSPS) is 36.1. The summed E-state index contributed by atoms with van der Waals surface area (Å²) in [5.74, 6) is 2.41. The van der Waals surface area contributed by atoms with Gasteiger partial charge < -0.3 is 24.8 Å². The maximum absolute atomic E-state index is 9.44. The molecule has 0 saturated carbocycles. The summed E-state index contributed by atoms with van der Waals surface area (Å²) in [5.41, 5.74) is 0. The van der Waals surface area contributed by atoms with Crippen LogP contribution in [0.25, 0.3) is 0 Å². The first-order valence-electron chi connectivity index (χ1n) is 4.86. The van der Waals surface area contributed by atoms with Crippen molar-refractivity contribution in [3.8, 4) is 12.3 Å². The van der Waals surface area contributed by atoms with Gasteiger partial charge in [-0.05, 0) is 0 Å². The molecule has 0 spiro atoms. The van der Waals surface area contributed by atoms with Crippen LogP contribution in [-0.4, -0.2) is 53.1 Å². The second-order valence-electron chi connectivity index (χ2n) is 3.41. The van der Waals surface area contributed by atoms with Crippen molar-refractivity contribution in [2.75, 3.05) is 13.2 Å². The van der Waals surface area contributed by atoms with E-state index in [1.54, 1.807) is 0 Å². The first kappa shape index (κ1) is 12.4. The van der Waals surface area contributed by atoms with Crippen molar-refractivity contribution < 1.29 is 24.8 Å². The number of hydrogen-bond acceptors (Lipinski definition) is 5. The van der Waals surface area contributed by atoms with Gasteiger partial charge in [-0.25, -0.2) is 0 Å². The third-order valence-corrected chi connectivity index (χ3v) is 2.27. The van der Waals surface area contributed by atoms with Gasteiger partial charge in [0.2, 0.25) is 0 Å². The third-order valence-electron chi connectivity index (χ3n) is 2.27. The zero-order chi connectivity index (χ0) is 11.3. The molecule has 1 aliphatic heterocycles. The molecule has 86 valence electrons. The molecule has 4 unspecified atom stereocenters. The average Bonchev–Trinajstić information content (AvgIpc) is 2.23. The second kappa shape index (κ2) is 6.05. The fourth-order valence-corrected chi connectivity index (χ4v) is 1.42. The fraction of sp³-hybridized carbons (Fsp3) is 0.800. The lowest BCUT2D eigenvalue weighted by Crippen LogP contribution is -2.50. The van der Waals surface area contributed by atoms with Crippen LogP contribution in [0, 0.1) is 12.3 Å². The Kier molecular flexibility index (Phi) is 5.02. The minimum absolute atomic E-state index is 0.183. The molecule has 5 nitrogen and oxygen atoms in total. The Hall–Kier alpha value is -0.640. The van der Waals surface area contributed by atoms with E-state index in [1.165, 1.54) is 0 Å². The third kappa shape index (κ3) is 3.45. The van der Waals surface area contributed by atoms with Gasteiger partial charge in [0.1, 0.15) is 12.2 Å². The molecule has 15 heavy (non-hydrogen) atoms. The molecule has 0 aromatic heterocycles. The summed E-state index contributed by atoms with van der Waals surface area (Å²) in [7, 11) is 0. The van der Waals surface area contributed by atoms with Crippen molar-refractivity contribution in [1.29, 1.82) is 0 Å². The zero-order valence-corrected chi connectivity index (χ0v) is 8.37. The van der Waals surface area contributed by atoms with Crippen molar-refractivity contribution in [2.24, 2.45) is 0 Å². The Morgan fingerprint density at radius 1 is 1.47 bits per heavy atom. The molecule has 0 amide bonds. The van der Waals surface area contributed by atoms with Crippen LogP contribution in [0.4, 0.5) is 0 Å². The van der Waals surface area contributed by atoms with Gasteiger partial charge in [-0.2, -0.15) is 0 Å². The zero-order valence-electron chi connectivity index (χ0n) is 8.37. The standard InChI is InChI=1S/C10H16O5/c1-2-3-4-14-9-5-7(12)10(13)8(6-11)15-9/h1,7-13H,3-6H2. The van der Waals surface area contributed by atoms with E-state index < -0.39 is 24.6 Å². The number of aliphatic hydroxyl groups excluding tert-OH is 3. The van der Waals surface area contributed by atoms with Crippen LogP contribution >= 0.6 is 0 Å². The Bertz CT molecular complexity index is 224. The average molecular weight is 216 g/mol. The highest BCUT2D eigenvalue weighted by Crippen LogP contribution is 2.20. The van der Waals surface area contributed by atoms with Crippen molar-refractivity contribution in [1.82, 2.24) is 0 Å². The predicted molar refractivity (Wildman–Crippen MR) is 51.8 cm³/mol. The van der Waals surface area contributed by atoms with E-state index in [1.807, 2.05) is 0 Å². The molecule has 1 fully saturated rings. The van der Waals surface area contributed by atoms with Crippen molar-refractivity contribution in [2.45, 2.75) is 37.4 Å². The fourth-order valence-electron chi connectivity index (χ4n) is 1.42. The van der Waals surface area contributed by atoms with Gasteiger partial charge in [0.15, 0.2) is 6.29 Å². The summed E-state index contributed by atoms with van der Waals surface area (Å²) in [6.45, 7) is -0.0185. The summed E-state index contributed by atoms with van der Waals surface area (Å²) < 4.78 is 10.4. The largest absolute Gasteiger partial charge is 0.394 e. The maximum Gasteiger partial charge on any atom is 0.160 e. The molecule has 4 atom stereocenters. The molecule has 0 aliphatic carbocycles. The molecule has 0 radical (unpaired) electrons. The van der Waals surface area contributed by atoms with Crippen LogP contribution < -0.4 is 0 Å². The van der Waals surface area contributed by atoms with Crippen LogP contribution in [0.3, 0.4) is 0 Å². The molecule has 0 aromatic carbocycles. The van der Waals surface area contributed by atoms with E-state index in [-0.39, 0.29) is 13.0 Å². The molecule has 1 heterocycles. The number of rotatable bonds is 4. The van der Waals surface area contributed by atoms with E-state index in [4.69, 9.17) is 21.0 Å². The van der Waals surface area contributed by atoms with E-state index in [0.29, 0.717) is 13.0 Å². The summed E-state index contributed by atoms with van der Waals surface area (Å²) >= 11 is 0. The smallest absolute Gasteiger partial charge is 0.160 e. The summed E-state index contributed by atoms with van der Waals surface area (Å²) in [5, 5.41) is 27.7. The van der Waals surface area contributed by atoms with E-state index in [0.717, 1.165) is 0 Å². The van der Waals surface area contributed by atoms with Gasteiger partial charge in [0, 0.05) is 12.8 Å². The second-order valence-corrected chi connectivity index (χ2v) is 3.41. The lowest BCUT2D eigenvalue weighted by atomic mass is 10.0. The molecule has 0 aromatic rings. The first-order chi connectivity index (χ1) is 7.19. The van der Waals surface area contributed by atoms with Gasteiger partial charge >= 0.3 is 0 Å². The van der Waals surface area contributed by atoms with Gasteiger partial charge in [-0.1, -0.05) is 0 Å². The minimum Gasteiger partial charge on any atom is -0.394 e. The van der Waals surface area contributed by atoms with Gasteiger partial charge in [0.25, 0.3) is 0 Å². The molecule has 1 saturated heterocycles. The topological polar surface area (TPSA) is 79.2 Å². The minimum atomic E-state index is -1.07. The predicted octanol–water partition coefficient (Wildman–Crippen LogP) is -1.14. The van der Waals surface area contributed by atoms with Crippen LogP contribution in [0.1, 0.15) is 12.8 Å². The SMILES string of the molecule is C#CCCOC1CC(O)C(O)C(CO)O1. The molecular weight excluding hydrogens is 200 g/mol. The Morgan fingerprint density at radius 2 is 2.20 bits per heavy atom. The number of aliphatic hydroxyl groups is 3. The molecule has 1 aliphatic rings. The summed E-state index contributed by atoms with van der Waals surface area (Å²) in [4.78, 5) is 0. The van der Waals surface area contributed by atoms with Crippen molar-refractivity contribution >= 4 is 0 Å². The highest BCUT2D eigenvalue weighted by molar-refractivity contribution is 4.84. The van der Waals surface area contributed by atoms with Gasteiger partial charge in [0.05, 0.1) is 19.3 Å². The maximum atomic E-state index is 9.44. The van der Waals surface area contributed by atoms with Crippen LogP contribution in [0.5, 0.6) is 0 Å². The van der Waals surface area contributed by atoms with Crippen LogP contribution in [0.15, 0.2) is 0 Å². The van der Waals surface area contributed by atoms with Crippen molar-refractivity contribution in [3.05, 3.63) is 0 Å². The molecule has 5 heteroatoms. The molecule has 0 bridgehead atoms. The molecular formula is C10H16O5. The monoisotopic (exact) mass is 216 g/mol. The molecule has 1 rings (SSSR count).